The van der Waals surface area contributed by atoms with E-state index in [-0.39, 0.29) is 18.1 Å². The average molecular weight is 281 g/mol. The molecule has 0 aromatic carbocycles. The lowest BCUT2D eigenvalue weighted by Crippen LogP contribution is -2.39. The molecule has 1 aromatic heterocycles. The van der Waals surface area contributed by atoms with Crippen LogP contribution in [0.5, 0.6) is 0 Å². The summed E-state index contributed by atoms with van der Waals surface area (Å²) in [6.45, 7) is 5.54. The van der Waals surface area contributed by atoms with Gasteiger partial charge in [0, 0.05) is 0 Å². The highest BCUT2D eigenvalue weighted by atomic mass is 16.5. The molecule has 1 aliphatic carbocycles. The highest BCUT2D eigenvalue weighted by Gasteiger charge is 2.26. The van der Waals surface area contributed by atoms with Gasteiger partial charge in [0.05, 0.1) is 6.10 Å². The molecule has 1 aromatic rings. The van der Waals surface area contributed by atoms with Crippen molar-refractivity contribution < 1.29 is 14.1 Å². The largest absolute Gasteiger partial charge is 0.365 e. The van der Waals surface area contributed by atoms with Crippen molar-refractivity contribution in [2.45, 2.75) is 71.1 Å². The fourth-order valence-corrected chi connectivity index (χ4v) is 2.46. The lowest BCUT2D eigenvalue weighted by atomic mass is 10.2. The first-order chi connectivity index (χ1) is 9.60. The van der Waals surface area contributed by atoms with Gasteiger partial charge in [-0.25, -0.2) is 0 Å². The number of amides is 1. The van der Waals surface area contributed by atoms with E-state index in [9.17, 15) is 4.79 Å². The summed E-state index contributed by atoms with van der Waals surface area (Å²) in [6, 6.07) is -0.301. The molecule has 1 N–H and O–H groups in total. The minimum absolute atomic E-state index is 0.109. The Bertz CT molecular complexity index is 441. The van der Waals surface area contributed by atoms with Gasteiger partial charge in [-0.3, -0.25) is 4.79 Å². The van der Waals surface area contributed by atoms with Crippen LogP contribution in [-0.4, -0.2) is 28.3 Å². The fourth-order valence-electron chi connectivity index (χ4n) is 2.46. The zero-order valence-corrected chi connectivity index (χ0v) is 12.4. The Morgan fingerprint density at radius 3 is 2.75 bits per heavy atom. The number of carbonyl (C=O) groups is 1. The molecule has 6 nitrogen and oxygen atoms in total. The number of nitrogens with zero attached hydrogens (tertiary/aromatic N) is 2. The molecule has 2 rings (SSSR count). The van der Waals surface area contributed by atoms with E-state index in [1.165, 1.54) is 12.8 Å². The van der Waals surface area contributed by atoms with E-state index in [0.717, 1.165) is 12.8 Å². The van der Waals surface area contributed by atoms with Crippen LogP contribution < -0.4 is 5.32 Å². The summed E-state index contributed by atoms with van der Waals surface area (Å²) in [5, 5.41) is 6.60. The number of hydrogen-bond donors (Lipinski definition) is 1. The SMILES string of the molecule is CC[C@@H](OC1CCCC1)C(=O)N[C@H](C)c1nc(C)no1. The van der Waals surface area contributed by atoms with Gasteiger partial charge >= 0.3 is 0 Å². The molecule has 6 heteroatoms. The first-order valence-corrected chi connectivity index (χ1v) is 7.36. The third-order valence-corrected chi connectivity index (χ3v) is 3.59. The summed E-state index contributed by atoms with van der Waals surface area (Å²) >= 11 is 0. The predicted octanol–water partition coefficient (Wildman–Crippen LogP) is 2.29. The lowest BCUT2D eigenvalue weighted by molar-refractivity contribution is -0.137. The van der Waals surface area contributed by atoms with Crippen LogP contribution in [0, 0.1) is 6.92 Å². The maximum Gasteiger partial charge on any atom is 0.249 e. The normalized spacial score (nSPS) is 18.9. The van der Waals surface area contributed by atoms with Crippen LogP contribution in [0.3, 0.4) is 0 Å². The second kappa shape index (κ2) is 6.83. The third kappa shape index (κ3) is 3.79. The molecule has 0 bridgehead atoms. The Hall–Kier alpha value is -1.43. The molecule has 20 heavy (non-hydrogen) atoms. The molecular weight excluding hydrogens is 258 g/mol. The zero-order chi connectivity index (χ0) is 14.5. The number of nitrogens with one attached hydrogen (secondary N) is 1. The summed E-state index contributed by atoms with van der Waals surface area (Å²) in [5.74, 6) is 0.879. The zero-order valence-electron chi connectivity index (χ0n) is 12.4. The van der Waals surface area contributed by atoms with Gasteiger partial charge in [-0.2, -0.15) is 4.98 Å². The van der Waals surface area contributed by atoms with Gasteiger partial charge in [0.1, 0.15) is 12.1 Å². The van der Waals surface area contributed by atoms with Crippen molar-refractivity contribution in [1.29, 1.82) is 0 Å². The van der Waals surface area contributed by atoms with Gasteiger partial charge in [-0.1, -0.05) is 24.9 Å². The van der Waals surface area contributed by atoms with Crippen LogP contribution in [0.25, 0.3) is 0 Å². The number of aryl methyl sites for hydroxylation is 1. The smallest absolute Gasteiger partial charge is 0.249 e. The van der Waals surface area contributed by atoms with Gasteiger partial charge in [0.15, 0.2) is 5.82 Å². The maximum absolute atomic E-state index is 12.2. The van der Waals surface area contributed by atoms with Crippen LogP contribution in [0.4, 0.5) is 0 Å². The molecule has 1 heterocycles. The minimum Gasteiger partial charge on any atom is -0.365 e. The van der Waals surface area contributed by atoms with E-state index in [1.807, 2.05) is 13.8 Å². The van der Waals surface area contributed by atoms with Crippen LogP contribution in [0.2, 0.25) is 0 Å². The molecule has 0 spiro atoms. The number of ether oxygens (including phenoxy) is 1. The highest BCUT2D eigenvalue weighted by Crippen LogP contribution is 2.23. The molecular formula is C14H23N3O3. The summed E-state index contributed by atoms with van der Waals surface area (Å²) in [4.78, 5) is 16.3. The van der Waals surface area contributed by atoms with Crippen LogP contribution in [0.15, 0.2) is 4.52 Å². The molecule has 0 radical (unpaired) electrons. The first kappa shape index (κ1) is 15.0. The number of hydrogen-bond acceptors (Lipinski definition) is 5. The minimum atomic E-state index is -0.399. The van der Waals surface area contributed by atoms with E-state index in [4.69, 9.17) is 9.26 Å². The van der Waals surface area contributed by atoms with Crippen LogP contribution in [-0.2, 0) is 9.53 Å². The van der Waals surface area contributed by atoms with E-state index in [0.29, 0.717) is 18.1 Å². The molecule has 1 saturated carbocycles. The molecule has 0 saturated heterocycles. The molecule has 0 unspecified atom stereocenters. The van der Waals surface area contributed by atoms with E-state index < -0.39 is 6.10 Å². The van der Waals surface area contributed by atoms with Gasteiger partial charge < -0.3 is 14.6 Å². The van der Waals surface area contributed by atoms with Gasteiger partial charge in [-0.05, 0) is 33.1 Å². The molecule has 1 aliphatic rings. The lowest BCUT2D eigenvalue weighted by Gasteiger charge is -2.21. The van der Waals surface area contributed by atoms with Crippen molar-refractivity contribution in [3.63, 3.8) is 0 Å². The predicted molar refractivity (Wildman–Crippen MR) is 73.0 cm³/mol. The quantitative estimate of drug-likeness (QED) is 0.865. The molecule has 1 fully saturated rings. The van der Waals surface area contributed by atoms with Crippen molar-refractivity contribution >= 4 is 5.91 Å². The first-order valence-electron chi connectivity index (χ1n) is 7.36. The average Bonchev–Trinajstić information content (AvgIpc) is 3.06. The van der Waals surface area contributed by atoms with E-state index >= 15 is 0 Å². The fraction of sp³-hybridized carbons (Fsp3) is 0.786. The van der Waals surface area contributed by atoms with E-state index in [1.54, 1.807) is 6.92 Å². The standard InChI is InChI=1S/C14H23N3O3/c1-4-12(19-11-7-5-6-8-11)13(18)15-9(2)14-16-10(3)17-20-14/h9,11-12H,4-8H2,1-3H3,(H,15,18)/t9-,12-/m1/s1. The third-order valence-electron chi connectivity index (χ3n) is 3.59. The summed E-state index contributed by atoms with van der Waals surface area (Å²) < 4.78 is 10.9. The second-order valence-electron chi connectivity index (χ2n) is 5.35. The van der Waals surface area contributed by atoms with Gasteiger partial charge in [0.2, 0.25) is 11.8 Å². The number of aromatic nitrogens is 2. The van der Waals surface area contributed by atoms with Crippen LogP contribution >= 0.6 is 0 Å². The Labute approximate surface area is 119 Å². The Morgan fingerprint density at radius 2 is 2.20 bits per heavy atom. The highest BCUT2D eigenvalue weighted by molar-refractivity contribution is 5.81. The van der Waals surface area contributed by atoms with Gasteiger partial charge in [0.25, 0.3) is 0 Å². The topological polar surface area (TPSA) is 77.2 Å². The monoisotopic (exact) mass is 281 g/mol. The van der Waals surface area contributed by atoms with Crippen molar-refractivity contribution in [1.82, 2.24) is 15.5 Å². The Kier molecular flexibility index (Phi) is 5.11. The summed E-state index contributed by atoms with van der Waals surface area (Å²) in [5.41, 5.74) is 0. The Balaban J connectivity index is 1.87. The van der Waals surface area contributed by atoms with Crippen molar-refractivity contribution in [2.24, 2.45) is 0 Å². The number of rotatable bonds is 6. The maximum atomic E-state index is 12.2. The second-order valence-corrected chi connectivity index (χ2v) is 5.35. The van der Waals surface area contributed by atoms with Crippen molar-refractivity contribution in [2.75, 3.05) is 0 Å². The molecule has 1 amide bonds. The van der Waals surface area contributed by atoms with Crippen LogP contribution in [0.1, 0.15) is 63.7 Å². The van der Waals surface area contributed by atoms with Crippen molar-refractivity contribution in [3.05, 3.63) is 11.7 Å². The number of carbonyl (C=O) groups excluding carboxylic acids is 1. The summed E-state index contributed by atoms with van der Waals surface area (Å²) in [7, 11) is 0. The Morgan fingerprint density at radius 1 is 1.50 bits per heavy atom. The van der Waals surface area contributed by atoms with Crippen molar-refractivity contribution in [3.8, 4) is 0 Å². The molecule has 112 valence electrons. The molecule has 2 atom stereocenters. The van der Waals surface area contributed by atoms with Gasteiger partial charge in [-0.15, -0.1) is 0 Å². The summed E-state index contributed by atoms with van der Waals surface area (Å²) in [6.07, 6.45) is 5.00. The van der Waals surface area contributed by atoms with E-state index in [2.05, 4.69) is 15.5 Å². The molecule has 0 aliphatic heterocycles.